The van der Waals surface area contributed by atoms with Gasteiger partial charge in [0.05, 0.1) is 18.1 Å². The highest BCUT2D eigenvalue weighted by molar-refractivity contribution is 7.89. The van der Waals surface area contributed by atoms with Crippen LogP contribution < -0.4 is 0 Å². The molecule has 1 saturated carbocycles. The second kappa shape index (κ2) is 9.30. The van der Waals surface area contributed by atoms with Crippen LogP contribution in [0.25, 0.3) is 0 Å². The summed E-state index contributed by atoms with van der Waals surface area (Å²) < 4.78 is 30.1. The van der Waals surface area contributed by atoms with E-state index in [-0.39, 0.29) is 39.5 Å². The van der Waals surface area contributed by atoms with Crippen LogP contribution in [-0.2, 0) is 28.4 Å². The SMILES string of the molecule is CCC(C)N(CC(=O)N(Cc1cccn1C)C1CC1)S(=O)(=O)c1cc(Cl)ccc1Cl. The summed E-state index contributed by atoms with van der Waals surface area (Å²) in [5.74, 6) is -0.208. The molecule has 1 atom stereocenters. The lowest BCUT2D eigenvalue weighted by molar-refractivity contribution is -0.133. The molecule has 1 unspecified atom stereocenters. The molecule has 1 aromatic carbocycles. The van der Waals surface area contributed by atoms with Crippen molar-refractivity contribution < 1.29 is 13.2 Å². The van der Waals surface area contributed by atoms with Gasteiger partial charge in [0.25, 0.3) is 0 Å². The van der Waals surface area contributed by atoms with Crippen LogP contribution in [0.5, 0.6) is 0 Å². The summed E-state index contributed by atoms with van der Waals surface area (Å²) in [6.45, 7) is 3.90. The Labute approximate surface area is 188 Å². The molecular formula is C21H27Cl2N3O3S. The van der Waals surface area contributed by atoms with E-state index < -0.39 is 10.0 Å². The molecule has 164 valence electrons. The number of carbonyl (C=O) groups is 1. The van der Waals surface area contributed by atoms with Crippen molar-refractivity contribution in [3.05, 3.63) is 52.3 Å². The summed E-state index contributed by atoms with van der Waals surface area (Å²) in [6, 6.07) is 8.02. The average Bonchev–Trinajstić information content (AvgIpc) is 3.47. The molecule has 9 heteroatoms. The fourth-order valence-electron chi connectivity index (χ4n) is 3.35. The van der Waals surface area contributed by atoms with E-state index in [2.05, 4.69) is 0 Å². The standard InChI is InChI=1S/C21H27Cl2N3O3S/c1-4-15(2)26(30(28,29)20-12-16(22)7-10-19(20)23)14-21(27)25(17-8-9-17)13-18-6-5-11-24(18)3/h5-7,10-12,15,17H,4,8-9,13-14H2,1-3H3. The Kier molecular flexibility index (Phi) is 7.17. The molecule has 0 N–H and O–H groups in total. The largest absolute Gasteiger partial charge is 0.353 e. The molecule has 1 amide bonds. The first-order chi connectivity index (χ1) is 14.1. The van der Waals surface area contributed by atoms with Crippen LogP contribution in [0.2, 0.25) is 10.0 Å². The molecule has 0 radical (unpaired) electrons. The molecule has 2 aromatic rings. The van der Waals surface area contributed by atoms with Gasteiger partial charge in [-0.15, -0.1) is 0 Å². The highest BCUT2D eigenvalue weighted by Gasteiger charge is 2.37. The number of rotatable bonds is 9. The lowest BCUT2D eigenvalue weighted by Gasteiger charge is -2.31. The quantitative estimate of drug-likeness (QED) is 0.547. The number of aryl methyl sites for hydroxylation is 1. The molecular weight excluding hydrogens is 445 g/mol. The fourth-order valence-corrected chi connectivity index (χ4v) is 5.74. The van der Waals surface area contributed by atoms with Gasteiger partial charge in [-0.3, -0.25) is 4.79 Å². The number of hydrogen-bond donors (Lipinski definition) is 0. The smallest absolute Gasteiger partial charge is 0.245 e. The van der Waals surface area contributed by atoms with Gasteiger partial charge in [-0.25, -0.2) is 8.42 Å². The lowest BCUT2D eigenvalue weighted by atomic mass is 10.2. The number of aromatic nitrogens is 1. The van der Waals surface area contributed by atoms with Crippen molar-refractivity contribution in [2.75, 3.05) is 6.54 Å². The molecule has 3 rings (SSSR count). The zero-order valence-electron chi connectivity index (χ0n) is 17.4. The van der Waals surface area contributed by atoms with Crippen LogP contribution in [-0.4, -0.2) is 46.7 Å². The number of nitrogens with zero attached hydrogens (tertiary/aromatic N) is 3. The van der Waals surface area contributed by atoms with E-state index in [1.54, 1.807) is 11.8 Å². The van der Waals surface area contributed by atoms with Crippen molar-refractivity contribution in [1.29, 1.82) is 0 Å². The van der Waals surface area contributed by atoms with Gasteiger partial charge >= 0.3 is 0 Å². The first kappa shape index (κ1) is 23.1. The van der Waals surface area contributed by atoms with Crippen molar-refractivity contribution >= 4 is 39.1 Å². The van der Waals surface area contributed by atoms with E-state index >= 15 is 0 Å². The van der Waals surface area contributed by atoms with Gasteiger partial charge in [0.1, 0.15) is 4.90 Å². The van der Waals surface area contributed by atoms with Gasteiger partial charge in [0, 0.05) is 36.0 Å². The van der Waals surface area contributed by atoms with Gasteiger partial charge in [-0.2, -0.15) is 4.31 Å². The molecule has 6 nitrogen and oxygen atoms in total. The Morgan fingerprint density at radius 1 is 1.27 bits per heavy atom. The Morgan fingerprint density at radius 2 is 1.97 bits per heavy atom. The minimum absolute atomic E-state index is 0.0785. The molecule has 1 aliphatic carbocycles. The topological polar surface area (TPSA) is 62.6 Å². The van der Waals surface area contributed by atoms with E-state index in [0.29, 0.717) is 13.0 Å². The Morgan fingerprint density at radius 3 is 2.53 bits per heavy atom. The zero-order chi connectivity index (χ0) is 22.1. The number of halogens is 2. The number of hydrogen-bond acceptors (Lipinski definition) is 3. The van der Waals surface area contributed by atoms with E-state index in [1.807, 2.05) is 36.9 Å². The van der Waals surface area contributed by atoms with Crippen LogP contribution in [0, 0.1) is 0 Å². The van der Waals surface area contributed by atoms with Crippen LogP contribution >= 0.6 is 23.2 Å². The van der Waals surface area contributed by atoms with Crippen molar-refractivity contribution in [3.63, 3.8) is 0 Å². The summed E-state index contributed by atoms with van der Waals surface area (Å²) in [4.78, 5) is 15.0. The van der Waals surface area contributed by atoms with Crippen molar-refractivity contribution in [2.24, 2.45) is 7.05 Å². The van der Waals surface area contributed by atoms with Crippen molar-refractivity contribution in [1.82, 2.24) is 13.8 Å². The van der Waals surface area contributed by atoms with E-state index in [4.69, 9.17) is 23.2 Å². The molecule has 1 aromatic heterocycles. The van der Waals surface area contributed by atoms with Crippen molar-refractivity contribution in [2.45, 2.75) is 56.6 Å². The maximum Gasteiger partial charge on any atom is 0.245 e. The third kappa shape index (κ3) is 5.02. The van der Waals surface area contributed by atoms with E-state index in [1.165, 1.54) is 22.5 Å². The summed E-state index contributed by atoms with van der Waals surface area (Å²) >= 11 is 12.2. The fraction of sp³-hybridized carbons (Fsp3) is 0.476. The lowest BCUT2D eigenvalue weighted by Crippen LogP contribution is -2.47. The molecule has 1 heterocycles. The summed E-state index contributed by atoms with van der Waals surface area (Å²) in [7, 11) is -2.07. The molecule has 0 saturated heterocycles. The van der Waals surface area contributed by atoms with Crippen LogP contribution in [0.15, 0.2) is 41.4 Å². The van der Waals surface area contributed by atoms with Crippen molar-refractivity contribution in [3.8, 4) is 0 Å². The summed E-state index contributed by atoms with van der Waals surface area (Å²) in [5.41, 5.74) is 1.01. The predicted molar refractivity (Wildman–Crippen MR) is 119 cm³/mol. The second-order valence-corrected chi connectivity index (χ2v) is 10.4. The molecule has 0 aliphatic heterocycles. The Hall–Kier alpha value is -1.54. The minimum atomic E-state index is -4.01. The maximum absolute atomic E-state index is 13.4. The molecule has 1 aliphatic rings. The number of amides is 1. The zero-order valence-corrected chi connectivity index (χ0v) is 19.7. The minimum Gasteiger partial charge on any atom is -0.353 e. The van der Waals surface area contributed by atoms with E-state index in [0.717, 1.165) is 18.5 Å². The number of benzene rings is 1. The molecule has 0 spiro atoms. The predicted octanol–water partition coefficient (Wildman–Crippen LogP) is 4.31. The highest BCUT2D eigenvalue weighted by Crippen LogP contribution is 2.31. The highest BCUT2D eigenvalue weighted by atomic mass is 35.5. The van der Waals surface area contributed by atoms with Crippen LogP contribution in [0.1, 0.15) is 38.8 Å². The first-order valence-electron chi connectivity index (χ1n) is 10.0. The maximum atomic E-state index is 13.4. The number of sulfonamides is 1. The second-order valence-electron chi connectivity index (χ2n) is 7.75. The number of carbonyl (C=O) groups excluding carboxylic acids is 1. The van der Waals surface area contributed by atoms with Gasteiger partial charge in [0.15, 0.2) is 0 Å². The normalized spacial score (nSPS) is 15.4. The van der Waals surface area contributed by atoms with Crippen LogP contribution in [0.4, 0.5) is 0 Å². The third-order valence-electron chi connectivity index (χ3n) is 5.55. The van der Waals surface area contributed by atoms with Gasteiger partial charge in [-0.05, 0) is 56.5 Å². The summed E-state index contributed by atoms with van der Waals surface area (Å²) in [5, 5.41) is 0.361. The average molecular weight is 472 g/mol. The van der Waals surface area contributed by atoms with Crippen LogP contribution in [0.3, 0.4) is 0 Å². The monoisotopic (exact) mass is 471 g/mol. The molecule has 1 fully saturated rings. The van der Waals surface area contributed by atoms with E-state index in [9.17, 15) is 13.2 Å². The van der Waals surface area contributed by atoms with Gasteiger partial charge in [-0.1, -0.05) is 30.1 Å². The summed E-state index contributed by atoms with van der Waals surface area (Å²) in [6.07, 6.45) is 4.37. The molecule has 30 heavy (non-hydrogen) atoms. The Bertz CT molecular complexity index is 1020. The first-order valence-corrected chi connectivity index (χ1v) is 12.2. The molecule has 0 bridgehead atoms. The van der Waals surface area contributed by atoms with Gasteiger partial charge in [0.2, 0.25) is 15.9 Å². The third-order valence-corrected chi connectivity index (χ3v) is 8.22. The Balaban J connectivity index is 1.89. The van der Waals surface area contributed by atoms with Gasteiger partial charge < -0.3 is 9.47 Å².